The van der Waals surface area contributed by atoms with Gasteiger partial charge in [-0.15, -0.1) is 0 Å². The van der Waals surface area contributed by atoms with E-state index in [0.717, 1.165) is 56.6 Å². The fourth-order valence-electron chi connectivity index (χ4n) is 2.95. The monoisotopic (exact) mass is 304 g/mol. The van der Waals surface area contributed by atoms with Crippen LogP contribution in [0.25, 0.3) is 0 Å². The van der Waals surface area contributed by atoms with Crippen molar-refractivity contribution in [1.29, 1.82) is 0 Å². The number of piperidine rings is 1. The van der Waals surface area contributed by atoms with Gasteiger partial charge in [0, 0.05) is 24.2 Å². The fourth-order valence-corrected chi connectivity index (χ4v) is 2.95. The number of hydrogen-bond acceptors (Lipinski definition) is 3. The predicted molar refractivity (Wildman–Crippen MR) is 89.2 cm³/mol. The highest BCUT2D eigenvalue weighted by molar-refractivity contribution is 5.94. The molecule has 1 fully saturated rings. The SMILES string of the molecule is CCCCOc1ccc(C(=O)N2CCCCC2C(C)N)cc1. The van der Waals surface area contributed by atoms with Gasteiger partial charge in [-0.2, -0.15) is 0 Å². The quantitative estimate of drug-likeness (QED) is 0.821. The van der Waals surface area contributed by atoms with Crippen LogP contribution in [-0.4, -0.2) is 36.0 Å². The normalized spacial score (nSPS) is 19.8. The molecule has 2 N–H and O–H groups in total. The zero-order chi connectivity index (χ0) is 15.9. The van der Waals surface area contributed by atoms with Crippen molar-refractivity contribution in [3.05, 3.63) is 29.8 Å². The maximum atomic E-state index is 12.7. The first-order valence-corrected chi connectivity index (χ1v) is 8.43. The third-order valence-electron chi connectivity index (χ3n) is 4.28. The number of amides is 1. The number of ether oxygens (including phenoxy) is 1. The number of benzene rings is 1. The van der Waals surface area contributed by atoms with Gasteiger partial charge in [0.15, 0.2) is 0 Å². The van der Waals surface area contributed by atoms with Crippen molar-refractivity contribution in [1.82, 2.24) is 4.90 Å². The summed E-state index contributed by atoms with van der Waals surface area (Å²) in [5.74, 6) is 0.912. The minimum absolute atomic E-state index is 0.0147. The summed E-state index contributed by atoms with van der Waals surface area (Å²) in [5.41, 5.74) is 6.77. The number of unbranched alkanes of at least 4 members (excludes halogenated alkanes) is 1. The maximum absolute atomic E-state index is 12.7. The van der Waals surface area contributed by atoms with Crippen LogP contribution < -0.4 is 10.5 Å². The summed E-state index contributed by atoms with van der Waals surface area (Å²) in [7, 11) is 0. The second-order valence-electron chi connectivity index (χ2n) is 6.15. The van der Waals surface area contributed by atoms with Gasteiger partial charge in [-0.3, -0.25) is 4.79 Å². The lowest BCUT2D eigenvalue weighted by molar-refractivity contribution is 0.0584. The molecule has 2 rings (SSSR count). The summed E-state index contributed by atoms with van der Waals surface area (Å²) in [6, 6.07) is 7.65. The van der Waals surface area contributed by atoms with Gasteiger partial charge in [0.1, 0.15) is 5.75 Å². The Bertz CT molecular complexity index is 470. The molecule has 0 aliphatic carbocycles. The van der Waals surface area contributed by atoms with E-state index < -0.39 is 0 Å². The van der Waals surface area contributed by atoms with Crippen LogP contribution in [0.2, 0.25) is 0 Å². The Morgan fingerprint density at radius 1 is 1.36 bits per heavy atom. The molecule has 1 aliphatic heterocycles. The molecule has 1 saturated heterocycles. The minimum atomic E-state index is 0.0147. The molecule has 4 nitrogen and oxygen atoms in total. The molecular weight excluding hydrogens is 276 g/mol. The molecule has 2 atom stereocenters. The number of carbonyl (C=O) groups is 1. The van der Waals surface area contributed by atoms with Crippen LogP contribution in [0.1, 0.15) is 56.3 Å². The van der Waals surface area contributed by atoms with Crippen LogP contribution in [0.15, 0.2) is 24.3 Å². The first-order valence-electron chi connectivity index (χ1n) is 8.43. The zero-order valence-electron chi connectivity index (χ0n) is 13.8. The van der Waals surface area contributed by atoms with Gasteiger partial charge < -0.3 is 15.4 Å². The lowest BCUT2D eigenvalue weighted by Crippen LogP contribution is -2.51. The Morgan fingerprint density at radius 2 is 2.09 bits per heavy atom. The molecule has 1 heterocycles. The van der Waals surface area contributed by atoms with Gasteiger partial charge in [-0.1, -0.05) is 13.3 Å². The van der Waals surface area contributed by atoms with E-state index in [9.17, 15) is 4.79 Å². The molecule has 22 heavy (non-hydrogen) atoms. The Morgan fingerprint density at radius 3 is 2.73 bits per heavy atom. The van der Waals surface area contributed by atoms with Crippen LogP contribution in [-0.2, 0) is 0 Å². The average molecular weight is 304 g/mol. The second-order valence-corrected chi connectivity index (χ2v) is 6.15. The molecule has 2 unspecified atom stereocenters. The largest absolute Gasteiger partial charge is 0.494 e. The van der Waals surface area contributed by atoms with Crippen molar-refractivity contribution < 1.29 is 9.53 Å². The summed E-state index contributed by atoms with van der Waals surface area (Å²) in [6.07, 6.45) is 5.38. The van der Waals surface area contributed by atoms with Crippen LogP contribution in [0, 0.1) is 0 Å². The third-order valence-corrected chi connectivity index (χ3v) is 4.28. The van der Waals surface area contributed by atoms with E-state index in [1.165, 1.54) is 0 Å². The van der Waals surface area contributed by atoms with E-state index in [0.29, 0.717) is 0 Å². The number of carbonyl (C=O) groups excluding carboxylic acids is 1. The van der Waals surface area contributed by atoms with Crippen molar-refractivity contribution in [2.24, 2.45) is 5.73 Å². The van der Waals surface area contributed by atoms with Crippen molar-refractivity contribution >= 4 is 5.91 Å². The molecular formula is C18H28N2O2. The van der Waals surface area contributed by atoms with E-state index in [1.807, 2.05) is 36.1 Å². The molecule has 1 amide bonds. The molecule has 0 saturated carbocycles. The second kappa shape index (κ2) is 8.18. The van der Waals surface area contributed by atoms with E-state index in [-0.39, 0.29) is 18.0 Å². The van der Waals surface area contributed by atoms with Gasteiger partial charge in [-0.25, -0.2) is 0 Å². The smallest absolute Gasteiger partial charge is 0.254 e. The predicted octanol–water partition coefficient (Wildman–Crippen LogP) is 3.21. The van der Waals surface area contributed by atoms with Crippen LogP contribution in [0.4, 0.5) is 0 Å². The Hall–Kier alpha value is -1.55. The number of nitrogens with two attached hydrogens (primary N) is 1. The van der Waals surface area contributed by atoms with Crippen molar-refractivity contribution in [2.45, 2.75) is 58.0 Å². The van der Waals surface area contributed by atoms with Crippen molar-refractivity contribution in [2.75, 3.05) is 13.2 Å². The van der Waals surface area contributed by atoms with Crippen molar-refractivity contribution in [3.63, 3.8) is 0 Å². The highest BCUT2D eigenvalue weighted by Gasteiger charge is 2.29. The molecule has 4 heteroatoms. The number of hydrogen-bond donors (Lipinski definition) is 1. The van der Waals surface area contributed by atoms with Gasteiger partial charge >= 0.3 is 0 Å². The van der Waals surface area contributed by atoms with Crippen LogP contribution in [0.3, 0.4) is 0 Å². The third kappa shape index (κ3) is 4.23. The summed E-state index contributed by atoms with van der Waals surface area (Å²) in [4.78, 5) is 14.7. The summed E-state index contributed by atoms with van der Waals surface area (Å²) >= 11 is 0. The molecule has 0 radical (unpaired) electrons. The molecule has 0 bridgehead atoms. The molecule has 0 spiro atoms. The van der Waals surface area contributed by atoms with Crippen LogP contribution in [0.5, 0.6) is 5.75 Å². The van der Waals surface area contributed by atoms with E-state index in [4.69, 9.17) is 10.5 Å². The Labute approximate surface area is 133 Å². The topological polar surface area (TPSA) is 55.6 Å². The van der Waals surface area contributed by atoms with Gasteiger partial charge in [0.25, 0.3) is 5.91 Å². The summed E-state index contributed by atoms with van der Waals surface area (Å²) in [6.45, 7) is 5.65. The first-order chi connectivity index (χ1) is 10.6. The number of likely N-dealkylation sites (tertiary alicyclic amines) is 1. The van der Waals surface area contributed by atoms with Gasteiger partial charge in [0.05, 0.1) is 6.61 Å². The minimum Gasteiger partial charge on any atom is -0.494 e. The fraction of sp³-hybridized carbons (Fsp3) is 0.611. The maximum Gasteiger partial charge on any atom is 0.254 e. The number of rotatable bonds is 6. The standard InChI is InChI=1S/C18H28N2O2/c1-3-4-13-22-16-10-8-15(9-11-16)18(21)20-12-6-5-7-17(20)14(2)19/h8-11,14,17H,3-7,12-13,19H2,1-2H3. The highest BCUT2D eigenvalue weighted by atomic mass is 16.5. The van der Waals surface area contributed by atoms with Gasteiger partial charge in [0.2, 0.25) is 0 Å². The molecule has 0 aromatic heterocycles. The Kier molecular flexibility index (Phi) is 6.25. The molecule has 1 aromatic carbocycles. The van der Waals surface area contributed by atoms with Gasteiger partial charge in [-0.05, 0) is 56.9 Å². The zero-order valence-corrected chi connectivity index (χ0v) is 13.8. The average Bonchev–Trinajstić information content (AvgIpc) is 2.55. The molecule has 1 aliphatic rings. The highest BCUT2D eigenvalue weighted by Crippen LogP contribution is 2.22. The van der Waals surface area contributed by atoms with Crippen molar-refractivity contribution in [3.8, 4) is 5.75 Å². The Balaban J connectivity index is 2.02. The molecule has 1 aromatic rings. The summed E-state index contributed by atoms with van der Waals surface area (Å²) in [5, 5.41) is 0. The molecule has 122 valence electrons. The number of nitrogens with zero attached hydrogens (tertiary/aromatic N) is 1. The summed E-state index contributed by atoms with van der Waals surface area (Å²) < 4.78 is 5.64. The van der Waals surface area contributed by atoms with E-state index in [2.05, 4.69) is 6.92 Å². The van der Waals surface area contributed by atoms with E-state index >= 15 is 0 Å². The van der Waals surface area contributed by atoms with Crippen LogP contribution >= 0.6 is 0 Å². The van der Waals surface area contributed by atoms with E-state index in [1.54, 1.807) is 0 Å². The lowest BCUT2D eigenvalue weighted by atomic mass is 9.96. The first kappa shape index (κ1) is 16.8. The lowest BCUT2D eigenvalue weighted by Gasteiger charge is -2.38.